The van der Waals surface area contributed by atoms with Crippen LogP contribution in [0.1, 0.15) is 24.0 Å². The largest absolute Gasteiger partial charge is 0.393 e. The molecule has 1 aromatic carbocycles. The van der Waals surface area contributed by atoms with Crippen LogP contribution in [0, 0.1) is 0 Å². The fraction of sp³-hybridized carbons (Fsp3) is 0.462. The first-order valence-electron chi connectivity index (χ1n) is 5.83. The number of fused-ring (bicyclic) bond motifs is 1. The van der Waals surface area contributed by atoms with Crippen LogP contribution in [-0.4, -0.2) is 23.0 Å². The summed E-state index contributed by atoms with van der Waals surface area (Å²) in [7, 11) is 0. The highest BCUT2D eigenvalue weighted by Crippen LogP contribution is 2.18. The molecule has 0 bridgehead atoms. The molecule has 86 valence electrons. The average molecular weight is 234 g/mol. The van der Waals surface area contributed by atoms with E-state index in [1.165, 1.54) is 24.0 Å². The fourth-order valence-electron chi connectivity index (χ4n) is 2.23. The van der Waals surface area contributed by atoms with Crippen molar-refractivity contribution in [2.75, 3.05) is 13.1 Å². The van der Waals surface area contributed by atoms with E-state index in [9.17, 15) is 0 Å². The monoisotopic (exact) mass is 234 g/mol. The van der Waals surface area contributed by atoms with Crippen molar-refractivity contribution in [2.45, 2.75) is 25.8 Å². The Kier molecular flexibility index (Phi) is 3.91. The van der Waals surface area contributed by atoms with Gasteiger partial charge >= 0.3 is 0 Å². The summed E-state index contributed by atoms with van der Waals surface area (Å²) in [5.74, 6) is 0. The molecule has 16 heavy (non-hydrogen) atoms. The van der Waals surface area contributed by atoms with E-state index in [4.69, 9.17) is 18.0 Å². The van der Waals surface area contributed by atoms with E-state index >= 15 is 0 Å². The third-order valence-corrected chi connectivity index (χ3v) is 3.31. The molecule has 0 unspecified atom stereocenters. The maximum atomic E-state index is 5.55. The summed E-state index contributed by atoms with van der Waals surface area (Å²) >= 11 is 4.93. The van der Waals surface area contributed by atoms with Crippen LogP contribution < -0.4 is 5.73 Å². The smallest absolute Gasteiger partial charge is 0.0740 e. The quantitative estimate of drug-likeness (QED) is 0.812. The highest BCUT2D eigenvalue weighted by Gasteiger charge is 2.13. The predicted molar refractivity (Wildman–Crippen MR) is 71.4 cm³/mol. The Morgan fingerprint density at radius 1 is 1.31 bits per heavy atom. The minimum Gasteiger partial charge on any atom is -0.393 e. The van der Waals surface area contributed by atoms with Gasteiger partial charge in [-0.05, 0) is 30.5 Å². The van der Waals surface area contributed by atoms with Crippen molar-refractivity contribution >= 4 is 17.2 Å². The van der Waals surface area contributed by atoms with E-state index < -0.39 is 0 Å². The lowest BCUT2D eigenvalue weighted by atomic mass is 10.0. The fourth-order valence-corrected chi connectivity index (χ4v) is 2.32. The van der Waals surface area contributed by atoms with Gasteiger partial charge in [-0.15, -0.1) is 0 Å². The third kappa shape index (κ3) is 3.03. The highest BCUT2D eigenvalue weighted by atomic mass is 32.1. The number of rotatable bonds is 3. The lowest BCUT2D eigenvalue weighted by Crippen LogP contribution is -2.27. The molecule has 0 radical (unpaired) electrons. The second-order valence-corrected chi connectivity index (χ2v) is 4.89. The number of aryl methyl sites for hydroxylation is 1. The van der Waals surface area contributed by atoms with Gasteiger partial charge in [0, 0.05) is 19.5 Å². The molecular formula is C13H18N2S. The Labute approximate surface area is 102 Å². The van der Waals surface area contributed by atoms with Crippen molar-refractivity contribution in [3.05, 3.63) is 35.4 Å². The van der Waals surface area contributed by atoms with Crippen LogP contribution >= 0.6 is 12.2 Å². The number of hydrogen-bond acceptors (Lipinski definition) is 2. The molecule has 3 heteroatoms. The summed E-state index contributed by atoms with van der Waals surface area (Å²) in [5.41, 5.74) is 8.51. The van der Waals surface area contributed by atoms with Gasteiger partial charge in [0.25, 0.3) is 0 Å². The van der Waals surface area contributed by atoms with Gasteiger partial charge in [-0.1, -0.05) is 36.5 Å². The molecule has 1 aliphatic heterocycles. The van der Waals surface area contributed by atoms with Gasteiger partial charge in [-0.3, -0.25) is 4.90 Å². The highest BCUT2D eigenvalue weighted by molar-refractivity contribution is 7.80. The first-order valence-corrected chi connectivity index (χ1v) is 6.24. The summed E-state index contributed by atoms with van der Waals surface area (Å²) in [6.45, 7) is 3.18. The van der Waals surface area contributed by atoms with Crippen LogP contribution in [0.5, 0.6) is 0 Å². The molecule has 2 N–H and O–H groups in total. The lowest BCUT2D eigenvalue weighted by molar-refractivity contribution is 0.278. The van der Waals surface area contributed by atoms with Crippen molar-refractivity contribution in [3.63, 3.8) is 0 Å². The normalized spacial score (nSPS) is 16.5. The van der Waals surface area contributed by atoms with Crippen molar-refractivity contribution in [1.29, 1.82) is 0 Å². The van der Waals surface area contributed by atoms with Gasteiger partial charge in [-0.2, -0.15) is 0 Å². The Morgan fingerprint density at radius 2 is 2.06 bits per heavy atom. The molecule has 2 rings (SSSR count). The molecule has 0 aromatic heterocycles. The summed E-state index contributed by atoms with van der Waals surface area (Å²) in [6, 6.07) is 8.72. The maximum absolute atomic E-state index is 5.55. The number of thiocarbonyl (C=S) groups is 1. The van der Waals surface area contributed by atoms with Gasteiger partial charge in [0.1, 0.15) is 0 Å². The van der Waals surface area contributed by atoms with Gasteiger partial charge in [-0.25, -0.2) is 0 Å². The van der Waals surface area contributed by atoms with Crippen LogP contribution in [0.3, 0.4) is 0 Å². The molecule has 0 atom stereocenters. The standard InChI is InChI=1S/C13H18N2S/c14-13(16)7-9-15-8-3-6-11-4-1-2-5-12(11)10-15/h1-2,4-5H,3,6-10H2,(H2,14,16). The molecule has 0 spiro atoms. The Hall–Kier alpha value is -0.930. The zero-order chi connectivity index (χ0) is 11.4. The van der Waals surface area contributed by atoms with Crippen LogP contribution in [0.2, 0.25) is 0 Å². The van der Waals surface area contributed by atoms with Crippen LogP contribution in [0.25, 0.3) is 0 Å². The lowest BCUT2D eigenvalue weighted by Gasteiger charge is -2.19. The Balaban J connectivity index is 2.02. The molecule has 0 saturated carbocycles. The van der Waals surface area contributed by atoms with Crippen LogP contribution in [0.15, 0.2) is 24.3 Å². The molecule has 0 fully saturated rings. The molecule has 1 aromatic rings. The molecule has 0 amide bonds. The number of nitrogens with two attached hydrogens (primary N) is 1. The molecule has 1 heterocycles. The zero-order valence-corrected chi connectivity index (χ0v) is 10.3. The Morgan fingerprint density at radius 3 is 2.81 bits per heavy atom. The Bertz CT molecular complexity index is 376. The molecule has 0 aliphatic carbocycles. The van der Waals surface area contributed by atoms with Gasteiger partial charge < -0.3 is 5.73 Å². The predicted octanol–water partition coefficient (Wildman–Crippen LogP) is 2.11. The zero-order valence-electron chi connectivity index (χ0n) is 9.48. The van der Waals surface area contributed by atoms with Crippen LogP contribution in [0.4, 0.5) is 0 Å². The first kappa shape index (κ1) is 11.6. The third-order valence-electron chi connectivity index (χ3n) is 3.11. The minimum atomic E-state index is 0.623. The van der Waals surface area contributed by atoms with Gasteiger partial charge in [0.05, 0.1) is 4.99 Å². The van der Waals surface area contributed by atoms with Crippen molar-refractivity contribution in [2.24, 2.45) is 5.73 Å². The SMILES string of the molecule is NC(=S)CCN1CCCc2ccccc2C1. The number of nitrogens with zero attached hydrogens (tertiary/aromatic N) is 1. The average Bonchev–Trinajstić information content (AvgIpc) is 2.47. The summed E-state index contributed by atoms with van der Waals surface area (Å²) < 4.78 is 0. The molecular weight excluding hydrogens is 216 g/mol. The second-order valence-electron chi connectivity index (χ2n) is 4.36. The van der Waals surface area contributed by atoms with Crippen molar-refractivity contribution in [1.82, 2.24) is 4.90 Å². The molecule has 1 aliphatic rings. The van der Waals surface area contributed by atoms with E-state index in [0.29, 0.717) is 4.99 Å². The molecule has 2 nitrogen and oxygen atoms in total. The van der Waals surface area contributed by atoms with Gasteiger partial charge in [0.15, 0.2) is 0 Å². The number of benzene rings is 1. The van der Waals surface area contributed by atoms with E-state index in [0.717, 1.165) is 26.1 Å². The van der Waals surface area contributed by atoms with E-state index in [-0.39, 0.29) is 0 Å². The second kappa shape index (κ2) is 5.41. The summed E-state index contributed by atoms with van der Waals surface area (Å²) in [6.07, 6.45) is 3.26. The van der Waals surface area contributed by atoms with E-state index in [1.54, 1.807) is 0 Å². The first-order chi connectivity index (χ1) is 7.75. The maximum Gasteiger partial charge on any atom is 0.0740 e. The van der Waals surface area contributed by atoms with E-state index in [2.05, 4.69) is 29.2 Å². The van der Waals surface area contributed by atoms with Gasteiger partial charge in [0.2, 0.25) is 0 Å². The topological polar surface area (TPSA) is 29.3 Å². The summed E-state index contributed by atoms with van der Waals surface area (Å²) in [5, 5.41) is 0. The summed E-state index contributed by atoms with van der Waals surface area (Å²) in [4.78, 5) is 3.07. The van der Waals surface area contributed by atoms with Crippen molar-refractivity contribution < 1.29 is 0 Å². The molecule has 0 saturated heterocycles. The number of hydrogen-bond donors (Lipinski definition) is 1. The minimum absolute atomic E-state index is 0.623. The van der Waals surface area contributed by atoms with E-state index in [1.807, 2.05) is 0 Å². The van der Waals surface area contributed by atoms with Crippen molar-refractivity contribution in [3.8, 4) is 0 Å². The van der Waals surface area contributed by atoms with Crippen LogP contribution in [-0.2, 0) is 13.0 Å².